The lowest BCUT2D eigenvalue weighted by Gasteiger charge is -2.41. The van der Waals surface area contributed by atoms with Crippen LogP contribution in [0, 0.1) is 6.33 Å². The summed E-state index contributed by atoms with van der Waals surface area (Å²) in [7, 11) is 0. The normalized spacial score (nSPS) is 17.7. The number of benzene rings is 9. The molecular weight excluding hydrogens is 1110 g/mol. The van der Waals surface area contributed by atoms with E-state index in [1.165, 1.54) is 49.5 Å². The average Bonchev–Trinajstić information content (AvgIpc) is 1.70. The van der Waals surface area contributed by atoms with Gasteiger partial charge in [-0.05, 0) is 182 Å². The van der Waals surface area contributed by atoms with Crippen LogP contribution >= 0.6 is 0 Å². The van der Waals surface area contributed by atoms with Crippen LogP contribution in [0.1, 0.15) is 155 Å². The van der Waals surface area contributed by atoms with Crippen molar-refractivity contribution in [2.24, 2.45) is 0 Å². The van der Waals surface area contributed by atoms with Gasteiger partial charge in [-0.2, -0.15) is 0 Å². The molecular formula is C84H78N4O3. The van der Waals surface area contributed by atoms with Crippen molar-refractivity contribution in [3.05, 3.63) is 222 Å². The minimum absolute atomic E-state index is 0.0189. The highest BCUT2D eigenvalue weighted by Crippen LogP contribution is 2.53. The van der Waals surface area contributed by atoms with Gasteiger partial charge >= 0.3 is 0 Å². The summed E-state index contributed by atoms with van der Waals surface area (Å²) in [6.45, 7) is 28.6. The van der Waals surface area contributed by atoms with E-state index in [1.54, 1.807) is 0 Å². The Morgan fingerprint density at radius 2 is 0.923 bits per heavy atom. The molecule has 5 aromatic heterocycles. The summed E-state index contributed by atoms with van der Waals surface area (Å²) < 4.78 is 28.1. The van der Waals surface area contributed by atoms with E-state index in [2.05, 4.69) is 279 Å². The second-order valence-corrected chi connectivity index (χ2v) is 30.8. The van der Waals surface area contributed by atoms with Crippen LogP contribution < -0.4 is 9.30 Å². The monoisotopic (exact) mass is 1190 g/mol. The van der Waals surface area contributed by atoms with Gasteiger partial charge in [0.25, 0.3) is 6.33 Å². The fourth-order valence-corrected chi connectivity index (χ4v) is 16.6. The smallest absolute Gasteiger partial charge is 0.269 e. The zero-order valence-electron chi connectivity index (χ0n) is 54.6. The molecule has 7 nitrogen and oxygen atoms in total. The van der Waals surface area contributed by atoms with Gasteiger partial charge in [0.1, 0.15) is 39.6 Å². The van der Waals surface area contributed by atoms with E-state index in [4.69, 9.17) is 18.6 Å². The van der Waals surface area contributed by atoms with Crippen molar-refractivity contribution in [3.8, 4) is 50.9 Å². The second-order valence-electron chi connectivity index (χ2n) is 30.8. The Bertz CT molecular complexity index is 5240. The van der Waals surface area contributed by atoms with Gasteiger partial charge in [-0.3, -0.25) is 13.7 Å². The average molecular weight is 1190 g/mol. The molecule has 0 aliphatic heterocycles. The standard InChI is InChI=1S/C84H78N4O3/c1-79(2)39-41-83(9,10)74-63(79)35-33-61-59-30-27-50(43-71(59)90-77(61)74)55-22-18-23-56(51-28-31-60-62-34-36-64-75(78(62)91-72(60)44-51)84(11,12)42-40-80(64,3)4)76(55)87-49-86(68-25-15-16-26-69(68)87)52-19-17-20-53(45-52)89-54-29-32-58-57-21-13-14-24-67(57)88(70(58)46-54)73-47-65-66(48-85-73)82(7,8)38-37-81(65,5)6/h13-36,43-48H,37-42H2,1-12H3. The maximum atomic E-state index is 7.18. The Morgan fingerprint density at radius 3 is 1.55 bits per heavy atom. The van der Waals surface area contributed by atoms with Crippen LogP contribution in [0.2, 0.25) is 0 Å². The molecule has 0 radical (unpaired) electrons. The molecule has 3 aliphatic carbocycles. The lowest BCUT2D eigenvalue weighted by Crippen LogP contribution is -2.34. The number of para-hydroxylation sites is 4. The van der Waals surface area contributed by atoms with Crippen LogP contribution in [0.25, 0.3) is 116 Å². The fraction of sp³-hybridized carbons (Fsp3) is 0.286. The maximum absolute atomic E-state index is 7.18. The Labute approximate surface area is 532 Å². The van der Waals surface area contributed by atoms with E-state index >= 15 is 0 Å². The lowest BCUT2D eigenvalue weighted by molar-refractivity contribution is -0.571. The predicted molar refractivity (Wildman–Crippen MR) is 374 cm³/mol. The number of imidazole rings is 1. The van der Waals surface area contributed by atoms with Gasteiger partial charge in [0.05, 0.1) is 33.4 Å². The Morgan fingerprint density at radius 1 is 0.418 bits per heavy atom. The Hall–Kier alpha value is -9.20. The van der Waals surface area contributed by atoms with Crippen LogP contribution in [-0.2, 0) is 32.5 Å². The van der Waals surface area contributed by atoms with Gasteiger partial charge < -0.3 is 13.6 Å². The molecule has 0 bridgehead atoms. The molecule has 0 amide bonds. The molecule has 0 N–H and O–H groups in total. The van der Waals surface area contributed by atoms with Crippen LogP contribution in [0.4, 0.5) is 0 Å². The van der Waals surface area contributed by atoms with E-state index in [-0.39, 0.29) is 32.5 Å². The first-order valence-corrected chi connectivity index (χ1v) is 33.0. The molecule has 0 saturated carbocycles. The zero-order chi connectivity index (χ0) is 62.5. The molecule has 0 atom stereocenters. The highest BCUT2D eigenvalue weighted by molar-refractivity contribution is 6.11. The first-order chi connectivity index (χ1) is 43.5. The molecule has 7 heteroatoms. The molecule has 9 aromatic carbocycles. The van der Waals surface area contributed by atoms with Crippen LogP contribution in [0.5, 0.6) is 11.5 Å². The van der Waals surface area contributed by atoms with Gasteiger partial charge in [-0.15, -0.1) is 0 Å². The van der Waals surface area contributed by atoms with Crippen molar-refractivity contribution in [3.63, 3.8) is 0 Å². The molecule has 0 fully saturated rings. The quantitative estimate of drug-likeness (QED) is 0.118. The van der Waals surface area contributed by atoms with Crippen molar-refractivity contribution < 1.29 is 18.1 Å². The lowest BCUT2D eigenvalue weighted by atomic mass is 9.63. The number of pyridine rings is 1. The number of furan rings is 2. The number of hydrogen-bond donors (Lipinski definition) is 0. The zero-order valence-corrected chi connectivity index (χ0v) is 54.6. The van der Waals surface area contributed by atoms with Crippen LogP contribution in [-0.4, -0.2) is 14.1 Å². The molecule has 3 aliphatic rings. The number of aromatic nitrogens is 4. The summed E-state index contributed by atoms with van der Waals surface area (Å²) in [5.74, 6) is 2.38. The predicted octanol–water partition coefficient (Wildman–Crippen LogP) is 22.2. The van der Waals surface area contributed by atoms with Crippen LogP contribution in [0.15, 0.2) is 191 Å². The Kier molecular flexibility index (Phi) is 11.8. The molecule has 452 valence electrons. The van der Waals surface area contributed by atoms with Gasteiger partial charge in [0.15, 0.2) is 0 Å². The molecule has 0 spiro atoms. The van der Waals surface area contributed by atoms with Crippen molar-refractivity contribution in [1.82, 2.24) is 14.1 Å². The first kappa shape index (κ1) is 55.8. The summed E-state index contributed by atoms with van der Waals surface area (Å²) in [6, 6.07) is 64.2. The van der Waals surface area contributed by atoms with E-state index < -0.39 is 0 Å². The number of nitrogens with zero attached hydrogens (tertiary/aromatic N) is 4. The van der Waals surface area contributed by atoms with E-state index in [0.29, 0.717) is 5.75 Å². The van der Waals surface area contributed by atoms with Crippen molar-refractivity contribution in [2.75, 3.05) is 0 Å². The maximum Gasteiger partial charge on any atom is 0.269 e. The molecule has 17 rings (SSSR count). The third-order valence-corrected chi connectivity index (χ3v) is 22.2. The number of rotatable bonds is 7. The fourth-order valence-electron chi connectivity index (χ4n) is 16.6. The summed E-state index contributed by atoms with van der Waals surface area (Å²) >= 11 is 0. The third-order valence-electron chi connectivity index (χ3n) is 22.2. The van der Waals surface area contributed by atoms with E-state index in [0.717, 1.165) is 144 Å². The number of fused-ring (bicyclic) bond motifs is 15. The first-order valence-electron chi connectivity index (χ1n) is 33.0. The highest BCUT2D eigenvalue weighted by atomic mass is 16.5. The highest BCUT2D eigenvalue weighted by Gasteiger charge is 2.42. The van der Waals surface area contributed by atoms with Crippen molar-refractivity contribution in [1.29, 1.82) is 0 Å². The minimum atomic E-state index is -0.0189. The molecule has 5 heterocycles. The van der Waals surface area contributed by atoms with Gasteiger partial charge in [0.2, 0.25) is 0 Å². The van der Waals surface area contributed by atoms with E-state index in [9.17, 15) is 0 Å². The third kappa shape index (κ3) is 8.44. The number of hydrogen-bond acceptors (Lipinski definition) is 4. The number of ether oxygens (including phenoxy) is 1. The largest absolute Gasteiger partial charge is 0.458 e. The summed E-state index contributed by atoms with van der Waals surface area (Å²) in [5, 5.41) is 6.93. The second kappa shape index (κ2) is 19.2. The van der Waals surface area contributed by atoms with Crippen LogP contribution in [0.3, 0.4) is 0 Å². The topological polar surface area (TPSA) is 62.1 Å². The van der Waals surface area contributed by atoms with Gasteiger partial charge in [-0.1, -0.05) is 186 Å². The van der Waals surface area contributed by atoms with Crippen molar-refractivity contribution >= 4 is 76.7 Å². The molecule has 91 heavy (non-hydrogen) atoms. The Balaban J connectivity index is 0.816. The summed E-state index contributed by atoms with van der Waals surface area (Å²) in [4.78, 5) is 5.24. The molecule has 0 unspecified atom stereocenters. The minimum Gasteiger partial charge on any atom is -0.458 e. The summed E-state index contributed by atoms with van der Waals surface area (Å²) in [5.41, 5.74) is 22.5. The molecule has 14 aromatic rings. The van der Waals surface area contributed by atoms with Gasteiger partial charge in [0, 0.05) is 55.7 Å². The van der Waals surface area contributed by atoms with Crippen molar-refractivity contribution in [2.45, 2.75) is 154 Å². The van der Waals surface area contributed by atoms with E-state index in [1.807, 2.05) is 6.07 Å². The van der Waals surface area contributed by atoms with Gasteiger partial charge in [-0.25, -0.2) is 4.98 Å². The summed E-state index contributed by atoms with van der Waals surface area (Å²) in [6.07, 6.45) is 12.9. The SMILES string of the molecule is CC1(C)CCC(C)(C)c2cc(-n3c4ccccc4c4ccc(Oc5cccc(-n6[c-][n+](-c7c(-c8ccc9c(c8)oc8c%10c(ccc89)C(C)(C)CCC%10(C)C)cccc7-c7ccc8c(c7)oc7c9c(ccc78)C(C)(C)CCC9(C)C)c7ccccc76)c5)cc43)ncc21. The molecule has 0 saturated heterocycles.